The van der Waals surface area contributed by atoms with Crippen molar-refractivity contribution < 1.29 is 23.8 Å². The number of nitrogens with zero attached hydrogens (tertiary/aromatic N) is 2. The number of carboxylic acids is 1. The number of benzene rings is 1. The van der Waals surface area contributed by atoms with Gasteiger partial charge in [0, 0.05) is 12.1 Å². The summed E-state index contributed by atoms with van der Waals surface area (Å²) in [5.41, 5.74) is 1.36. The lowest BCUT2D eigenvalue weighted by molar-refractivity contribution is -0.159. The Labute approximate surface area is 132 Å². The molecule has 1 atom stereocenters. The van der Waals surface area contributed by atoms with Gasteiger partial charge in [-0.15, -0.1) is 0 Å². The van der Waals surface area contributed by atoms with Gasteiger partial charge in [0.15, 0.2) is 6.10 Å². The number of oxazole rings is 1. The summed E-state index contributed by atoms with van der Waals surface area (Å²) < 4.78 is 10.5. The van der Waals surface area contributed by atoms with Crippen molar-refractivity contribution in [1.29, 1.82) is 0 Å². The second kappa shape index (κ2) is 6.62. The van der Waals surface area contributed by atoms with Crippen molar-refractivity contribution in [3.05, 3.63) is 42.3 Å². The van der Waals surface area contributed by atoms with Crippen LogP contribution in [-0.4, -0.2) is 52.7 Å². The molecule has 0 unspecified atom stereocenters. The Bertz CT molecular complexity index is 698. The predicted octanol–water partition coefficient (Wildman–Crippen LogP) is 1.20. The van der Waals surface area contributed by atoms with E-state index in [1.807, 2.05) is 30.3 Å². The van der Waals surface area contributed by atoms with Crippen LogP contribution in [0.25, 0.3) is 11.5 Å². The highest BCUT2D eigenvalue weighted by atomic mass is 16.5. The Morgan fingerprint density at radius 2 is 2.09 bits per heavy atom. The molecule has 0 radical (unpaired) electrons. The number of carboxylic acid groups (broad SMARTS) is 1. The summed E-state index contributed by atoms with van der Waals surface area (Å²) in [4.78, 5) is 29.0. The molecule has 1 aliphatic heterocycles. The second-order valence-corrected chi connectivity index (χ2v) is 5.22. The molecule has 120 valence electrons. The highest BCUT2D eigenvalue weighted by Crippen LogP contribution is 2.18. The zero-order valence-electron chi connectivity index (χ0n) is 12.3. The molecule has 1 aromatic heterocycles. The minimum atomic E-state index is -1.06. The molecule has 0 saturated carbocycles. The largest absolute Gasteiger partial charge is 0.479 e. The second-order valence-electron chi connectivity index (χ2n) is 5.22. The fourth-order valence-electron chi connectivity index (χ4n) is 2.39. The smallest absolute Gasteiger partial charge is 0.334 e. The quantitative estimate of drug-likeness (QED) is 0.911. The SMILES string of the molecule is O=C(O)[C@H]1CN(C(=O)Cc2coc(-c3ccccc3)n2)CCO1. The summed E-state index contributed by atoms with van der Waals surface area (Å²) in [7, 11) is 0. The zero-order chi connectivity index (χ0) is 16.2. The molecule has 2 aromatic rings. The lowest BCUT2D eigenvalue weighted by atomic mass is 10.2. The molecule has 1 aromatic carbocycles. The molecular formula is C16H16N2O5. The molecular weight excluding hydrogens is 300 g/mol. The fraction of sp³-hybridized carbons (Fsp3) is 0.312. The summed E-state index contributed by atoms with van der Waals surface area (Å²) in [5.74, 6) is -0.790. The average Bonchev–Trinajstić information content (AvgIpc) is 3.04. The minimum Gasteiger partial charge on any atom is -0.479 e. The first-order chi connectivity index (χ1) is 11.1. The minimum absolute atomic E-state index is 0.0531. The molecule has 1 amide bonds. The van der Waals surface area contributed by atoms with Crippen LogP contribution in [0.1, 0.15) is 5.69 Å². The third-order valence-corrected chi connectivity index (χ3v) is 3.60. The Hall–Kier alpha value is -2.67. The van der Waals surface area contributed by atoms with Gasteiger partial charge in [0.25, 0.3) is 0 Å². The van der Waals surface area contributed by atoms with Crippen LogP contribution >= 0.6 is 0 Å². The molecule has 2 heterocycles. The number of rotatable bonds is 4. The summed E-state index contributed by atoms with van der Waals surface area (Å²) in [6.45, 7) is 0.653. The predicted molar refractivity (Wildman–Crippen MR) is 79.6 cm³/mol. The first-order valence-corrected chi connectivity index (χ1v) is 7.25. The Kier molecular flexibility index (Phi) is 4.38. The number of morpholine rings is 1. The van der Waals surface area contributed by atoms with Crippen LogP contribution in [0.15, 0.2) is 41.0 Å². The van der Waals surface area contributed by atoms with E-state index in [2.05, 4.69) is 4.98 Å². The van der Waals surface area contributed by atoms with Gasteiger partial charge in [-0.3, -0.25) is 4.79 Å². The van der Waals surface area contributed by atoms with Gasteiger partial charge in [0.05, 0.1) is 25.3 Å². The molecule has 7 heteroatoms. The van der Waals surface area contributed by atoms with E-state index < -0.39 is 12.1 Å². The van der Waals surface area contributed by atoms with Gasteiger partial charge >= 0.3 is 5.97 Å². The van der Waals surface area contributed by atoms with Crippen LogP contribution in [0.5, 0.6) is 0 Å². The number of aromatic nitrogens is 1. The standard InChI is InChI=1S/C16H16N2O5/c19-14(18-6-7-22-13(9-18)16(20)21)8-12-10-23-15(17-12)11-4-2-1-3-5-11/h1-5,10,13H,6-9H2,(H,20,21)/t13-/m1/s1. The molecule has 23 heavy (non-hydrogen) atoms. The molecule has 0 bridgehead atoms. The van der Waals surface area contributed by atoms with Crippen LogP contribution in [0.4, 0.5) is 0 Å². The number of amides is 1. The maximum atomic E-state index is 12.3. The Morgan fingerprint density at radius 1 is 1.30 bits per heavy atom. The van der Waals surface area contributed by atoms with E-state index in [9.17, 15) is 9.59 Å². The van der Waals surface area contributed by atoms with Crippen LogP contribution in [0.3, 0.4) is 0 Å². The van der Waals surface area contributed by atoms with E-state index in [0.717, 1.165) is 5.56 Å². The van der Waals surface area contributed by atoms with Crippen LogP contribution < -0.4 is 0 Å². The molecule has 7 nitrogen and oxygen atoms in total. The van der Waals surface area contributed by atoms with Gasteiger partial charge in [-0.05, 0) is 12.1 Å². The van der Waals surface area contributed by atoms with E-state index in [4.69, 9.17) is 14.3 Å². The van der Waals surface area contributed by atoms with Crippen molar-refractivity contribution in [1.82, 2.24) is 9.88 Å². The average molecular weight is 316 g/mol. The number of ether oxygens (including phenoxy) is 1. The summed E-state index contributed by atoms with van der Waals surface area (Å²) in [6.07, 6.45) is 0.558. The number of hydrogen-bond acceptors (Lipinski definition) is 5. The molecule has 0 aliphatic carbocycles. The maximum Gasteiger partial charge on any atom is 0.334 e. The number of aliphatic carboxylic acids is 1. The molecule has 1 fully saturated rings. The first-order valence-electron chi connectivity index (χ1n) is 7.25. The summed E-state index contributed by atoms with van der Waals surface area (Å²) in [6, 6.07) is 9.40. The van der Waals surface area contributed by atoms with Crippen LogP contribution in [0, 0.1) is 0 Å². The highest BCUT2D eigenvalue weighted by molar-refractivity contribution is 5.80. The lowest BCUT2D eigenvalue weighted by Crippen LogP contribution is -2.49. The first kappa shape index (κ1) is 15.2. The summed E-state index contributed by atoms with van der Waals surface area (Å²) >= 11 is 0. The van der Waals surface area contributed by atoms with Crippen molar-refractivity contribution in [3.63, 3.8) is 0 Å². The van der Waals surface area contributed by atoms with E-state index >= 15 is 0 Å². The van der Waals surface area contributed by atoms with Gasteiger partial charge in [-0.1, -0.05) is 18.2 Å². The molecule has 1 aliphatic rings. The Morgan fingerprint density at radius 3 is 2.83 bits per heavy atom. The van der Waals surface area contributed by atoms with Gasteiger partial charge in [0.2, 0.25) is 11.8 Å². The number of carbonyl (C=O) groups excluding carboxylic acids is 1. The van der Waals surface area contributed by atoms with Crippen LogP contribution in [-0.2, 0) is 20.7 Å². The third kappa shape index (κ3) is 3.57. The van der Waals surface area contributed by atoms with Crippen LogP contribution in [0.2, 0.25) is 0 Å². The van der Waals surface area contributed by atoms with E-state index in [-0.39, 0.29) is 25.5 Å². The maximum absolute atomic E-state index is 12.3. The molecule has 1 N–H and O–H groups in total. The van der Waals surface area contributed by atoms with Gasteiger partial charge in [-0.25, -0.2) is 9.78 Å². The lowest BCUT2D eigenvalue weighted by Gasteiger charge is -2.30. The van der Waals surface area contributed by atoms with Gasteiger partial charge < -0.3 is 19.2 Å². The number of hydrogen-bond donors (Lipinski definition) is 1. The molecule has 0 spiro atoms. The van der Waals surface area contributed by atoms with Gasteiger partial charge in [0.1, 0.15) is 6.26 Å². The van der Waals surface area contributed by atoms with Crippen molar-refractivity contribution in [2.45, 2.75) is 12.5 Å². The monoisotopic (exact) mass is 316 g/mol. The van der Waals surface area contributed by atoms with Crippen molar-refractivity contribution in [2.24, 2.45) is 0 Å². The van der Waals surface area contributed by atoms with E-state index in [1.54, 1.807) is 0 Å². The molecule has 1 saturated heterocycles. The van der Waals surface area contributed by atoms with E-state index in [0.29, 0.717) is 18.1 Å². The zero-order valence-corrected chi connectivity index (χ0v) is 12.3. The van der Waals surface area contributed by atoms with Crippen molar-refractivity contribution in [3.8, 4) is 11.5 Å². The summed E-state index contributed by atoms with van der Waals surface area (Å²) in [5, 5.41) is 8.97. The Balaban J connectivity index is 1.64. The fourth-order valence-corrected chi connectivity index (χ4v) is 2.39. The number of carbonyl (C=O) groups is 2. The topological polar surface area (TPSA) is 92.9 Å². The normalized spacial score (nSPS) is 17.9. The molecule has 3 rings (SSSR count). The third-order valence-electron chi connectivity index (χ3n) is 3.60. The van der Waals surface area contributed by atoms with Crippen molar-refractivity contribution in [2.75, 3.05) is 19.7 Å². The highest BCUT2D eigenvalue weighted by Gasteiger charge is 2.29. The van der Waals surface area contributed by atoms with Gasteiger partial charge in [-0.2, -0.15) is 0 Å². The van der Waals surface area contributed by atoms with Crippen molar-refractivity contribution >= 4 is 11.9 Å². The van der Waals surface area contributed by atoms with E-state index in [1.165, 1.54) is 11.2 Å².